The van der Waals surface area contributed by atoms with Gasteiger partial charge < -0.3 is 15.3 Å². The van der Waals surface area contributed by atoms with Crippen molar-refractivity contribution < 1.29 is 66.7 Å². The third kappa shape index (κ3) is 9.39. The molecule has 0 fully saturated rings. The molecule has 0 heterocycles. The molecule has 0 aromatic heterocycles. The van der Waals surface area contributed by atoms with E-state index in [1.54, 1.807) is 4.90 Å². The molecule has 0 saturated carbocycles. The summed E-state index contributed by atoms with van der Waals surface area (Å²) in [4.78, 5) is 1.79. The Morgan fingerprint density at radius 1 is 0.727 bits per heavy atom. The van der Waals surface area contributed by atoms with E-state index >= 15 is 0 Å². The van der Waals surface area contributed by atoms with Crippen LogP contribution in [0.15, 0.2) is 0 Å². The molecule has 0 spiro atoms. The first-order chi connectivity index (χ1) is 4.85. The average Bonchev–Trinajstić information content (AvgIpc) is 1.90. The van der Waals surface area contributed by atoms with Crippen molar-refractivity contribution in [1.82, 2.24) is 4.90 Å². The van der Waals surface area contributed by atoms with Gasteiger partial charge in [-0.3, -0.25) is 4.90 Å². The predicted octanol–water partition coefficient (Wildman–Crippen LogP) is -4.73. The summed E-state index contributed by atoms with van der Waals surface area (Å²) in [5, 5.41) is 25.5. The molecule has 0 aromatic carbocycles. The Balaban J connectivity index is 0. The molecule has 0 aliphatic heterocycles. The van der Waals surface area contributed by atoms with Gasteiger partial charge in [-0.15, -0.1) is 0 Å². The van der Waals surface area contributed by atoms with Gasteiger partial charge in [0.2, 0.25) is 0 Å². The maximum Gasteiger partial charge on any atom is 1.00 e. The summed E-state index contributed by atoms with van der Waals surface area (Å²) in [6.07, 6.45) is 0. The van der Waals surface area contributed by atoms with Crippen molar-refractivity contribution in [2.45, 2.75) is 0 Å². The van der Waals surface area contributed by atoms with Crippen LogP contribution < -0.4 is 51.4 Å². The summed E-state index contributed by atoms with van der Waals surface area (Å²) < 4.78 is 0. The number of aliphatic hydroxyl groups is 3. The number of hydrogen-bond donors (Lipinski definition) is 3. The monoisotopic (exact) mass is 188 g/mol. The van der Waals surface area contributed by atoms with Gasteiger partial charge in [0.15, 0.2) is 0 Å². The SMILES string of the molecule is OCCN(CCO)CCO.[K+]. The Kier molecular flexibility index (Phi) is 15.6. The summed E-state index contributed by atoms with van der Waals surface area (Å²) in [5.74, 6) is 0. The minimum absolute atomic E-state index is 0. The fourth-order valence-electron chi connectivity index (χ4n) is 0.760. The molecule has 0 radical (unpaired) electrons. The van der Waals surface area contributed by atoms with Crippen molar-refractivity contribution in [3.05, 3.63) is 0 Å². The van der Waals surface area contributed by atoms with E-state index in [9.17, 15) is 0 Å². The van der Waals surface area contributed by atoms with Gasteiger partial charge in [0.05, 0.1) is 19.8 Å². The van der Waals surface area contributed by atoms with E-state index in [-0.39, 0.29) is 71.2 Å². The maximum atomic E-state index is 8.48. The average molecular weight is 188 g/mol. The third-order valence-electron chi connectivity index (χ3n) is 1.25. The zero-order chi connectivity index (χ0) is 7.82. The molecule has 0 rings (SSSR count). The van der Waals surface area contributed by atoms with E-state index in [1.165, 1.54) is 0 Å². The molecule has 0 unspecified atom stereocenters. The molecule has 3 N–H and O–H groups in total. The van der Waals surface area contributed by atoms with Crippen LogP contribution in [-0.2, 0) is 0 Å². The predicted molar refractivity (Wildman–Crippen MR) is 37.7 cm³/mol. The molecule has 4 nitrogen and oxygen atoms in total. The number of nitrogens with zero attached hydrogens (tertiary/aromatic N) is 1. The fraction of sp³-hybridized carbons (Fsp3) is 1.00. The topological polar surface area (TPSA) is 63.9 Å². The van der Waals surface area contributed by atoms with Gasteiger partial charge in [0.1, 0.15) is 0 Å². The number of aliphatic hydroxyl groups excluding tert-OH is 3. The maximum absolute atomic E-state index is 8.48. The molecule has 62 valence electrons. The summed E-state index contributed by atoms with van der Waals surface area (Å²) in [6.45, 7) is 1.75. The summed E-state index contributed by atoms with van der Waals surface area (Å²) in [5.41, 5.74) is 0. The zero-order valence-electron chi connectivity index (χ0n) is 7.03. The van der Waals surface area contributed by atoms with E-state index in [1.807, 2.05) is 0 Å². The van der Waals surface area contributed by atoms with Gasteiger partial charge in [-0.05, 0) is 0 Å². The Hall–Kier alpha value is 1.48. The van der Waals surface area contributed by atoms with Gasteiger partial charge in [-0.25, -0.2) is 0 Å². The smallest absolute Gasteiger partial charge is 0.395 e. The minimum Gasteiger partial charge on any atom is -0.395 e. The van der Waals surface area contributed by atoms with Gasteiger partial charge in [-0.1, -0.05) is 0 Å². The van der Waals surface area contributed by atoms with Crippen LogP contribution in [0.4, 0.5) is 0 Å². The summed E-state index contributed by atoms with van der Waals surface area (Å²) >= 11 is 0. The van der Waals surface area contributed by atoms with Crippen LogP contribution in [0.5, 0.6) is 0 Å². The number of rotatable bonds is 6. The molecular formula is C6H15KNO3+. The van der Waals surface area contributed by atoms with Crippen LogP contribution >= 0.6 is 0 Å². The van der Waals surface area contributed by atoms with Crippen LogP contribution in [0.3, 0.4) is 0 Å². The quantitative estimate of drug-likeness (QED) is 0.366. The third-order valence-corrected chi connectivity index (χ3v) is 1.25. The molecule has 0 aliphatic carbocycles. The van der Waals surface area contributed by atoms with E-state index < -0.39 is 0 Å². The van der Waals surface area contributed by atoms with Crippen molar-refractivity contribution in [2.75, 3.05) is 39.5 Å². The van der Waals surface area contributed by atoms with Crippen molar-refractivity contribution in [2.24, 2.45) is 0 Å². The molecule has 0 bridgehead atoms. The van der Waals surface area contributed by atoms with Gasteiger partial charge in [0, 0.05) is 19.6 Å². The van der Waals surface area contributed by atoms with Crippen molar-refractivity contribution >= 4 is 0 Å². The molecule has 0 saturated heterocycles. The Bertz CT molecular complexity index is 60.6. The molecule has 5 heteroatoms. The van der Waals surface area contributed by atoms with E-state index in [2.05, 4.69) is 0 Å². The summed E-state index contributed by atoms with van der Waals surface area (Å²) in [7, 11) is 0. The molecule has 0 amide bonds. The molecule has 0 aromatic rings. The van der Waals surface area contributed by atoms with E-state index in [0.29, 0.717) is 19.6 Å². The molecule has 0 atom stereocenters. The van der Waals surface area contributed by atoms with Crippen LogP contribution in [-0.4, -0.2) is 59.7 Å². The van der Waals surface area contributed by atoms with Crippen molar-refractivity contribution in [3.8, 4) is 0 Å². The zero-order valence-corrected chi connectivity index (χ0v) is 10.2. The molecule has 0 aliphatic rings. The van der Waals surface area contributed by atoms with Crippen LogP contribution in [0, 0.1) is 0 Å². The summed E-state index contributed by atoms with van der Waals surface area (Å²) in [6, 6.07) is 0. The fourth-order valence-corrected chi connectivity index (χ4v) is 0.760. The number of hydrogen-bond acceptors (Lipinski definition) is 4. The Morgan fingerprint density at radius 3 is 1.18 bits per heavy atom. The van der Waals surface area contributed by atoms with Crippen LogP contribution in [0.25, 0.3) is 0 Å². The van der Waals surface area contributed by atoms with Gasteiger partial charge in [-0.2, -0.15) is 0 Å². The second-order valence-corrected chi connectivity index (χ2v) is 2.01. The first-order valence-electron chi connectivity index (χ1n) is 3.40. The van der Waals surface area contributed by atoms with E-state index in [0.717, 1.165) is 0 Å². The van der Waals surface area contributed by atoms with E-state index in [4.69, 9.17) is 15.3 Å². The first-order valence-corrected chi connectivity index (χ1v) is 3.40. The standard InChI is InChI=1S/C6H15NO3.K/c8-4-1-7(2-5-9)3-6-10;/h8-10H,1-6H2;/q;+1. The van der Waals surface area contributed by atoms with Crippen molar-refractivity contribution in [3.63, 3.8) is 0 Å². The normalized spacial score (nSPS) is 9.82. The second kappa shape index (κ2) is 11.5. The van der Waals surface area contributed by atoms with Crippen LogP contribution in [0.1, 0.15) is 0 Å². The molecule has 11 heavy (non-hydrogen) atoms. The minimum atomic E-state index is 0. The largest absolute Gasteiger partial charge is 1.00 e. The molecular weight excluding hydrogens is 173 g/mol. The van der Waals surface area contributed by atoms with Crippen LogP contribution in [0.2, 0.25) is 0 Å². The Labute approximate surface area is 110 Å². The Morgan fingerprint density at radius 2 is 1.00 bits per heavy atom. The van der Waals surface area contributed by atoms with Gasteiger partial charge in [0.25, 0.3) is 0 Å². The van der Waals surface area contributed by atoms with Gasteiger partial charge >= 0.3 is 51.4 Å². The van der Waals surface area contributed by atoms with Crippen molar-refractivity contribution in [1.29, 1.82) is 0 Å². The first kappa shape index (κ1) is 15.0. The second-order valence-electron chi connectivity index (χ2n) is 2.01.